The first-order valence-electron chi connectivity index (χ1n) is 7.14. The minimum absolute atomic E-state index is 0.171. The average Bonchev–Trinajstić information content (AvgIpc) is 2.49. The number of hydrogen-bond acceptors (Lipinski definition) is 4. The number of thioether (sulfide) groups is 1. The van der Waals surface area contributed by atoms with Crippen LogP contribution in [0, 0.1) is 5.82 Å². The number of aliphatic hydroxyl groups is 1. The van der Waals surface area contributed by atoms with E-state index in [2.05, 4.69) is 4.90 Å². The van der Waals surface area contributed by atoms with Crippen LogP contribution in [0.3, 0.4) is 0 Å². The van der Waals surface area contributed by atoms with E-state index in [0.29, 0.717) is 18.0 Å². The molecule has 0 radical (unpaired) electrons. The number of nitrogens with zero attached hydrogens (tertiary/aromatic N) is 2. The average molecular weight is 312 g/mol. The van der Waals surface area contributed by atoms with Gasteiger partial charge in [0.25, 0.3) is 5.91 Å². The summed E-state index contributed by atoms with van der Waals surface area (Å²) in [6, 6.07) is 6.80. The lowest BCUT2D eigenvalue weighted by Gasteiger charge is -2.35. The van der Waals surface area contributed by atoms with Gasteiger partial charge in [-0.05, 0) is 19.1 Å². The van der Waals surface area contributed by atoms with E-state index in [4.69, 9.17) is 0 Å². The summed E-state index contributed by atoms with van der Waals surface area (Å²) in [5.41, 5.74) is 0. The number of halogens is 1. The van der Waals surface area contributed by atoms with Crippen LogP contribution in [-0.4, -0.2) is 65.4 Å². The highest BCUT2D eigenvalue weighted by Gasteiger charge is 2.23. The summed E-state index contributed by atoms with van der Waals surface area (Å²) in [7, 11) is 0. The highest BCUT2D eigenvalue weighted by Crippen LogP contribution is 2.21. The largest absolute Gasteiger partial charge is 0.384 e. The van der Waals surface area contributed by atoms with Gasteiger partial charge in [0.05, 0.1) is 0 Å². The van der Waals surface area contributed by atoms with Crippen molar-refractivity contribution in [1.29, 1.82) is 0 Å². The zero-order chi connectivity index (χ0) is 15.2. The topological polar surface area (TPSA) is 43.8 Å². The number of hydrogen-bond donors (Lipinski definition) is 1. The molecule has 1 amide bonds. The number of benzene rings is 1. The first-order valence-corrected chi connectivity index (χ1v) is 8.13. The maximum atomic E-state index is 13.5. The molecule has 1 fully saturated rings. The molecule has 4 nitrogen and oxygen atoms in total. The van der Waals surface area contributed by atoms with Crippen molar-refractivity contribution < 1.29 is 14.3 Å². The Morgan fingerprint density at radius 1 is 1.33 bits per heavy atom. The fourth-order valence-electron chi connectivity index (χ4n) is 2.30. The smallest absolute Gasteiger partial charge is 0.251 e. The summed E-state index contributed by atoms with van der Waals surface area (Å²) in [6.45, 7) is 5.27. The van der Waals surface area contributed by atoms with E-state index >= 15 is 0 Å². The molecule has 21 heavy (non-hydrogen) atoms. The van der Waals surface area contributed by atoms with Gasteiger partial charge in [-0.25, -0.2) is 4.39 Å². The van der Waals surface area contributed by atoms with E-state index in [1.165, 1.54) is 24.8 Å². The zero-order valence-corrected chi connectivity index (χ0v) is 13.0. The minimum atomic E-state index is -0.923. The van der Waals surface area contributed by atoms with Gasteiger partial charge >= 0.3 is 0 Å². The Bertz CT molecular complexity index is 476. The van der Waals surface area contributed by atoms with Crippen molar-refractivity contribution in [2.24, 2.45) is 0 Å². The Labute approximate surface area is 128 Å². The van der Waals surface area contributed by atoms with Gasteiger partial charge in [-0.15, -0.1) is 11.8 Å². The predicted octanol–water partition coefficient (Wildman–Crippen LogP) is 1.44. The monoisotopic (exact) mass is 312 g/mol. The molecule has 1 aliphatic rings. The van der Waals surface area contributed by atoms with Crippen molar-refractivity contribution in [3.8, 4) is 0 Å². The standard InChI is InChI=1S/C15H21FN2O2S/c1-12(19)15(20)18-8-6-17(7-9-18)10-11-21-14-5-3-2-4-13(14)16/h2-5,12,19H,6-11H2,1H3. The highest BCUT2D eigenvalue weighted by molar-refractivity contribution is 7.99. The van der Waals surface area contributed by atoms with Gasteiger partial charge in [0, 0.05) is 43.4 Å². The fraction of sp³-hybridized carbons (Fsp3) is 0.533. The second kappa shape index (κ2) is 7.77. The quantitative estimate of drug-likeness (QED) is 0.836. The van der Waals surface area contributed by atoms with Gasteiger partial charge in [-0.1, -0.05) is 12.1 Å². The molecule has 6 heteroatoms. The van der Waals surface area contributed by atoms with Gasteiger partial charge in [0.2, 0.25) is 0 Å². The van der Waals surface area contributed by atoms with E-state index < -0.39 is 6.10 Å². The summed E-state index contributed by atoms with van der Waals surface area (Å²) in [5, 5.41) is 9.29. The molecule has 0 aliphatic carbocycles. The van der Waals surface area contributed by atoms with E-state index in [9.17, 15) is 14.3 Å². The zero-order valence-electron chi connectivity index (χ0n) is 12.2. The van der Waals surface area contributed by atoms with Crippen LogP contribution in [-0.2, 0) is 4.79 Å². The number of carbonyl (C=O) groups excluding carboxylic acids is 1. The normalized spacial score (nSPS) is 17.8. The molecule has 1 N–H and O–H groups in total. The van der Waals surface area contributed by atoms with E-state index in [0.717, 1.165) is 25.4 Å². The predicted molar refractivity (Wildman–Crippen MR) is 81.8 cm³/mol. The summed E-state index contributed by atoms with van der Waals surface area (Å²) >= 11 is 1.52. The molecule has 1 aromatic rings. The van der Waals surface area contributed by atoms with Crippen molar-refractivity contribution >= 4 is 17.7 Å². The third-order valence-corrected chi connectivity index (χ3v) is 4.57. The molecule has 1 aromatic carbocycles. The Balaban J connectivity index is 1.70. The van der Waals surface area contributed by atoms with Crippen LogP contribution in [0.4, 0.5) is 4.39 Å². The number of rotatable bonds is 5. The number of aliphatic hydroxyl groups excluding tert-OH is 1. The molecule has 0 spiro atoms. The second-order valence-corrected chi connectivity index (χ2v) is 6.26. The molecule has 1 atom stereocenters. The van der Waals surface area contributed by atoms with Crippen molar-refractivity contribution in [3.05, 3.63) is 30.1 Å². The van der Waals surface area contributed by atoms with E-state index in [1.807, 2.05) is 6.07 Å². The van der Waals surface area contributed by atoms with Gasteiger partial charge in [0.15, 0.2) is 0 Å². The molecular formula is C15H21FN2O2S. The van der Waals surface area contributed by atoms with Crippen molar-refractivity contribution in [1.82, 2.24) is 9.80 Å². The van der Waals surface area contributed by atoms with Crippen molar-refractivity contribution in [2.45, 2.75) is 17.9 Å². The molecule has 0 aromatic heterocycles. The second-order valence-electron chi connectivity index (χ2n) is 5.12. The van der Waals surface area contributed by atoms with Crippen LogP contribution >= 0.6 is 11.8 Å². The Morgan fingerprint density at radius 3 is 2.62 bits per heavy atom. The molecule has 2 rings (SSSR count). The first kappa shape index (κ1) is 16.3. The molecule has 1 aliphatic heterocycles. The molecule has 1 heterocycles. The van der Waals surface area contributed by atoms with Gasteiger partial charge in [-0.3, -0.25) is 9.69 Å². The van der Waals surface area contributed by atoms with E-state index in [1.54, 1.807) is 17.0 Å². The van der Waals surface area contributed by atoms with E-state index in [-0.39, 0.29) is 11.7 Å². The number of piperazine rings is 1. The van der Waals surface area contributed by atoms with Crippen LogP contribution < -0.4 is 0 Å². The number of carbonyl (C=O) groups is 1. The lowest BCUT2D eigenvalue weighted by molar-refractivity contribution is -0.141. The Hall–Kier alpha value is -1.11. The van der Waals surface area contributed by atoms with Crippen LogP contribution in [0.2, 0.25) is 0 Å². The van der Waals surface area contributed by atoms with Crippen LogP contribution in [0.15, 0.2) is 29.2 Å². The molecule has 1 saturated heterocycles. The lowest BCUT2D eigenvalue weighted by atomic mass is 10.2. The van der Waals surface area contributed by atoms with Crippen LogP contribution in [0.1, 0.15) is 6.92 Å². The molecule has 1 unspecified atom stereocenters. The van der Waals surface area contributed by atoms with Crippen LogP contribution in [0.25, 0.3) is 0 Å². The van der Waals surface area contributed by atoms with Gasteiger partial charge < -0.3 is 10.0 Å². The molecule has 116 valence electrons. The lowest BCUT2D eigenvalue weighted by Crippen LogP contribution is -2.51. The summed E-state index contributed by atoms with van der Waals surface area (Å²) < 4.78 is 13.5. The third-order valence-electron chi connectivity index (χ3n) is 3.54. The maximum absolute atomic E-state index is 13.5. The van der Waals surface area contributed by atoms with Crippen molar-refractivity contribution in [3.63, 3.8) is 0 Å². The molecular weight excluding hydrogens is 291 g/mol. The summed E-state index contributed by atoms with van der Waals surface area (Å²) in [4.78, 5) is 16.3. The van der Waals surface area contributed by atoms with Gasteiger partial charge in [-0.2, -0.15) is 0 Å². The van der Waals surface area contributed by atoms with Gasteiger partial charge in [0.1, 0.15) is 11.9 Å². The maximum Gasteiger partial charge on any atom is 0.251 e. The highest BCUT2D eigenvalue weighted by atomic mass is 32.2. The minimum Gasteiger partial charge on any atom is -0.384 e. The first-order chi connectivity index (χ1) is 10.1. The summed E-state index contributed by atoms with van der Waals surface area (Å²) in [5.74, 6) is 0.455. The van der Waals surface area contributed by atoms with Crippen molar-refractivity contribution in [2.75, 3.05) is 38.5 Å². The third kappa shape index (κ3) is 4.69. The molecule has 0 bridgehead atoms. The summed E-state index contributed by atoms with van der Waals surface area (Å²) in [6.07, 6.45) is -0.923. The number of amides is 1. The Kier molecular flexibility index (Phi) is 6.02. The SMILES string of the molecule is CC(O)C(=O)N1CCN(CCSc2ccccc2F)CC1. The van der Waals surface area contributed by atoms with Crippen LogP contribution in [0.5, 0.6) is 0 Å². The molecule has 0 saturated carbocycles. The Morgan fingerprint density at radius 2 is 2.00 bits per heavy atom. The fourth-order valence-corrected chi connectivity index (χ4v) is 3.25.